The highest BCUT2D eigenvalue weighted by molar-refractivity contribution is 7.21. The molecular weight excluding hydrogens is 418 g/mol. The lowest BCUT2D eigenvalue weighted by Gasteiger charge is -2.00. The van der Waals surface area contributed by atoms with Crippen molar-refractivity contribution in [1.29, 1.82) is 0 Å². The highest BCUT2D eigenvalue weighted by Crippen LogP contribution is 2.35. The second-order valence-corrected chi connectivity index (χ2v) is 8.29. The molecule has 28 heavy (non-hydrogen) atoms. The van der Waals surface area contributed by atoms with E-state index in [2.05, 4.69) is 11.6 Å². The Balaban J connectivity index is 1.88. The van der Waals surface area contributed by atoms with E-state index in [1.165, 1.54) is 34.8 Å². The van der Waals surface area contributed by atoms with Crippen molar-refractivity contribution in [1.82, 2.24) is 4.57 Å². The molecule has 0 atom stereocenters. The molecule has 0 unspecified atom stereocenters. The standard InChI is InChI=1S/C19H12ClN3O3S2/c1-2-9-22-13-8-7-11(23(25)26)10-15(13)28-19(22)21-18(24)17-16(20)12-5-3-4-6-14(12)27-17/h2-8,10H,1,9H2. The van der Waals surface area contributed by atoms with Crippen molar-refractivity contribution in [3.05, 3.63) is 79.9 Å². The van der Waals surface area contributed by atoms with Crippen LogP contribution in [0.3, 0.4) is 0 Å². The molecule has 9 heteroatoms. The number of carbonyl (C=O) groups is 1. The maximum atomic E-state index is 12.8. The van der Waals surface area contributed by atoms with Crippen LogP contribution in [0.5, 0.6) is 0 Å². The number of hydrogen-bond donors (Lipinski definition) is 0. The number of thiophene rings is 1. The summed E-state index contributed by atoms with van der Waals surface area (Å²) < 4.78 is 3.39. The molecule has 6 nitrogen and oxygen atoms in total. The minimum Gasteiger partial charge on any atom is -0.312 e. The largest absolute Gasteiger partial charge is 0.312 e. The van der Waals surface area contributed by atoms with Crippen LogP contribution in [0.4, 0.5) is 5.69 Å². The van der Waals surface area contributed by atoms with Gasteiger partial charge in [-0.05, 0) is 12.1 Å². The summed E-state index contributed by atoms with van der Waals surface area (Å²) in [6.45, 7) is 4.16. The number of benzene rings is 2. The number of hydrogen-bond acceptors (Lipinski definition) is 5. The summed E-state index contributed by atoms with van der Waals surface area (Å²) in [5.74, 6) is -0.440. The molecule has 0 radical (unpaired) electrons. The zero-order valence-corrected chi connectivity index (χ0v) is 16.7. The first-order valence-electron chi connectivity index (χ1n) is 8.14. The molecule has 0 saturated heterocycles. The number of fused-ring (bicyclic) bond motifs is 2. The number of nitro groups is 1. The Kier molecular flexibility index (Phi) is 4.84. The number of non-ortho nitro benzene ring substituents is 1. The summed E-state index contributed by atoms with van der Waals surface area (Å²) in [6.07, 6.45) is 1.68. The first-order valence-corrected chi connectivity index (χ1v) is 10.2. The molecule has 0 bridgehead atoms. The lowest BCUT2D eigenvalue weighted by molar-refractivity contribution is -0.384. The summed E-state index contributed by atoms with van der Waals surface area (Å²) in [6, 6.07) is 12.1. The zero-order chi connectivity index (χ0) is 19.8. The van der Waals surface area contributed by atoms with Crippen molar-refractivity contribution < 1.29 is 9.72 Å². The Morgan fingerprint density at radius 1 is 1.25 bits per heavy atom. The molecular formula is C19H12ClN3O3S2. The third-order valence-electron chi connectivity index (χ3n) is 4.12. The Bertz CT molecular complexity index is 1330. The maximum absolute atomic E-state index is 12.8. The van der Waals surface area contributed by atoms with Gasteiger partial charge in [-0.2, -0.15) is 4.99 Å². The molecule has 0 saturated carbocycles. The Morgan fingerprint density at radius 3 is 2.75 bits per heavy atom. The van der Waals surface area contributed by atoms with E-state index in [0.717, 1.165) is 15.6 Å². The summed E-state index contributed by atoms with van der Waals surface area (Å²) >= 11 is 8.90. The molecule has 0 fully saturated rings. The average molecular weight is 430 g/mol. The molecule has 2 heterocycles. The van der Waals surface area contributed by atoms with Crippen molar-refractivity contribution in [2.45, 2.75) is 6.54 Å². The SMILES string of the molecule is C=CCn1c(=NC(=O)c2sc3ccccc3c2Cl)sc2cc([N+](=O)[O-])ccc21. The van der Waals surface area contributed by atoms with Gasteiger partial charge in [-0.25, -0.2) is 0 Å². The molecule has 4 rings (SSSR count). The molecule has 4 aromatic rings. The number of amides is 1. The fraction of sp³-hybridized carbons (Fsp3) is 0.0526. The van der Waals surface area contributed by atoms with Crippen molar-refractivity contribution in [3.8, 4) is 0 Å². The van der Waals surface area contributed by atoms with Gasteiger partial charge in [0, 0.05) is 28.8 Å². The predicted molar refractivity (Wildman–Crippen MR) is 113 cm³/mol. The number of carbonyl (C=O) groups excluding carboxylic acids is 1. The normalized spacial score (nSPS) is 12.0. The van der Waals surface area contributed by atoms with E-state index in [1.54, 1.807) is 16.7 Å². The molecule has 140 valence electrons. The van der Waals surface area contributed by atoms with E-state index in [4.69, 9.17) is 11.6 Å². The molecule has 0 aliphatic rings. The van der Waals surface area contributed by atoms with E-state index >= 15 is 0 Å². The monoisotopic (exact) mass is 429 g/mol. The van der Waals surface area contributed by atoms with Crippen molar-refractivity contribution in [2.24, 2.45) is 4.99 Å². The van der Waals surface area contributed by atoms with Crippen LogP contribution in [0.15, 0.2) is 60.1 Å². The predicted octanol–water partition coefficient (Wildman–Crippen LogP) is 5.41. The van der Waals surface area contributed by atoms with Gasteiger partial charge >= 0.3 is 0 Å². The number of rotatable bonds is 4. The highest BCUT2D eigenvalue weighted by Gasteiger charge is 2.18. The van der Waals surface area contributed by atoms with Crippen LogP contribution >= 0.6 is 34.3 Å². The summed E-state index contributed by atoms with van der Waals surface area (Å²) in [5, 5.41) is 12.3. The highest BCUT2D eigenvalue weighted by atomic mass is 35.5. The smallest absolute Gasteiger partial charge is 0.291 e. The fourth-order valence-electron chi connectivity index (χ4n) is 2.86. The van der Waals surface area contributed by atoms with E-state index in [9.17, 15) is 14.9 Å². The third kappa shape index (κ3) is 3.15. The van der Waals surface area contributed by atoms with Gasteiger partial charge in [0.2, 0.25) is 0 Å². The lowest BCUT2D eigenvalue weighted by atomic mass is 10.2. The van der Waals surface area contributed by atoms with Gasteiger partial charge in [-0.3, -0.25) is 14.9 Å². The number of nitro benzene ring substituents is 1. The first-order chi connectivity index (χ1) is 13.5. The third-order valence-corrected chi connectivity index (χ3v) is 6.82. The van der Waals surface area contributed by atoms with Gasteiger partial charge < -0.3 is 4.57 Å². The van der Waals surface area contributed by atoms with Crippen molar-refractivity contribution >= 4 is 66.2 Å². The Morgan fingerprint density at radius 2 is 2.04 bits per heavy atom. The quantitative estimate of drug-likeness (QED) is 0.247. The number of thiazole rings is 1. The number of aromatic nitrogens is 1. The molecule has 2 aromatic heterocycles. The van der Waals surface area contributed by atoms with Crippen molar-refractivity contribution in [2.75, 3.05) is 0 Å². The van der Waals surface area contributed by atoms with Gasteiger partial charge in [-0.1, -0.05) is 47.2 Å². The van der Waals surface area contributed by atoms with Gasteiger partial charge in [0.25, 0.3) is 11.6 Å². The number of halogens is 1. The topological polar surface area (TPSA) is 77.5 Å². The molecule has 0 aliphatic carbocycles. The Hall–Kier alpha value is -2.81. The summed E-state index contributed by atoms with van der Waals surface area (Å²) in [7, 11) is 0. The minimum atomic E-state index is -0.448. The second-order valence-electron chi connectivity index (χ2n) is 5.85. The second kappa shape index (κ2) is 7.31. The first kappa shape index (κ1) is 18.5. The van der Waals surface area contributed by atoms with E-state index in [-0.39, 0.29) is 5.69 Å². The van der Waals surface area contributed by atoms with Gasteiger partial charge in [0.1, 0.15) is 4.88 Å². The van der Waals surface area contributed by atoms with Crippen LogP contribution in [0.25, 0.3) is 20.3 Å². The molecule has 2 aromatic carbocycles. The van der Waals surface area contributed by atoms with Crippen LogP contribution in [0, 0.1) is 10.1 Å². The number of allylic oxidation sites excluding steroid dienone is 1. The van der Waals surface area contributed by atoms with Crippen LogP contribution in [-0.2, 0) is 6.54 Å². The minimum absolute atomic E-state index is 0.00932. The summed E-state index contributed by atoms with van der Waals surface area (Å²) in [5.41, 5.74) is 0.745. The van der Waals surface area contributed by atoms with Crippen LogP contribution in [0.2, 0.25) is 5.02 Å². The lowest BCUT2D eigenvalue weighted by Crippen LogP contribution is -2.16. The van der Waals surface area contributed by atoms with Gasteiger partial charge in [0.05, 0.1) is 20.2 Å². The molecule has 0 N–H and O–H groups in total. The fourth-order valence-corrected chi connectivity index (χ4v) is 5.32. The molecule has 1 amide bonds. The zero-order valence-electron chi connectivity index (χ0n) is 14.3. The molecule has 0 spiro atoms. The average Bonchev–Trinajstić information content (AvgIpc) is 3.20. The van der Waals surface area contributed by atoms with Crippen LogP contribution < -0.4 is 4.80 Å². The van der Waals surface area contributed by atoms with E-state index < -0.39 is 10.8 Å². The summed E-state index contributed by atoms with van der Waals surface area (Å²) in [4.78, 5) is 28.5. The van der Waals surface area contributed by atoms with E-state index in [0.29, 0.717) is 25.9 Å². The maximum Gasteiger partial charge on any atom is 0.291 e. The Labute approximate surface area is 171 Å². The number of nitrogens with zero attached hydrogens (tertiary/aromatic N) is 3. The van der Waals surface area contributed by atoms with Crippen LogP contribution in [0.1, 0.15) is 9.67 Å². The molecule has 0 aliphatic heterocycles. The van der Waals surface area contributed by atoms with E-state index in [1.807, 2.05) is 24.3 Å². The van der Waals surface area contributed by atoms with Crippen molar-refractivity contribution in [3.63, 3.8) is 0 Å². The van der Waals surface area contributed by atoms with Gasteiger partial charge in [0.15, 0.2) is 4.80 Å². The van der Waals surface area contributed by atoms with Gasteiger partial charge in [-0.15, -0.1) is 17.9 Å². The van der Waals surface area contributed by atoms with Crippen LogP contribution in [-0.4, -0.2) is 15.4 Å².